The molecule has 0 fully saturated rings. The van der Waals surface area contributed by atoms with Crippen molar-refractivity contribution in [1.82, 2.24) is 14.5 Å². The van der Waals surface area contributed by atoms with Crippen molar-refractivity contribution >= 4 is 16.9 Å². The number of fused-ring (bicyclic) bond motifs is 1. The molecule has 0 saturated carbocycles. The average Bonchev–Trinajstić information content (AvgIpc) is 2.85. The third-order valence-corrected chi connectivity index (χ3v) is 5.36. The number of aromatic carboxylic acids is 1. The minimum atomic E-state index is -1.38. The summed E-state index contributed by atoms with van der Waals surface area (Å²) in [6.45, 7) is 0. The Balaban J connectivity index is 2.03. The number of carbonyl (C=O) groups is 1. The van der Waals surface area contributed by atoms with E-state index in [1.807, 2.05) is 24.3 Å². The van der Waals surface area contributed by atoms with Crippen LogP contribution in [-0.4, -0.2) is 30.7 Å². The SMILES string of the molecule is O=C(O)c1nc(-c2cccnc2)c2c(cc(-c3ccccc3)c(=O)n2-c2ccccc2)c1O. The Morgan fingerprint density at radius 1 is 0.879 bits per heavy atom. The highest BCUT2D eigenvalue weighted by molar-refractivity contribution is 6.04. The number of rotatable bonds is 4. The first-order chi connectivity index (χ1) is 16.1. The lowest BCUT2D eigenvalue weighted by Crippen LogP contribution is -2.22. The molecule has 0 spiro atoms. The van der Waals surface area contributed by atoms with E-state index >= 15 is 0 Å². The van der Waals surface area contributed by atoms with Gasteiger partial charge in [0.2, 0.25) is 0 Å². The van der Waals surface area contributed by atoms with Crippen LogP contribution in [0.25, 0.3) is 39.0 Å². The van der Waals surface area contributed by atoms with Gasteiger partial charge in [-0.15, -0.1) is 0 Å². The summed E-state index contributed by atoms with van der Waals surface area (Å²) in [4.78, 5) is 34.1. The number of hydrogen-bond acceptors (Lipinski definition) is 5. The van der Waals surface area contributed by atoms with E-state index in [2.05, 4.69) is 9.97 Å². The van der Waals surface area contributed by atoms with Crippen LogP contribution in [0.2, 0.25) is 0 Å². The zero-order valence-electron chi connectivity index (χ0n) is 17.2. The largest absolute Gasteiger partial charge is 0.505 e. The molecule has 0 bridgehead atoms. The molecule has 7 heteroatoms. The Hall–Kier alpha value is -4.78. The van der Waals surface area contributed by atoms with Crippen LogP contribution in [0.1, 0.15) is 10.5 Å². The summed E-state index contributed by atoms with van der Waals surface area (Å²) in [5.41, 5.74) is 1.73. The van der Waals surface area contributed by atoms with E-state index in [0.717, 1.165) is 0 Å². The number of aromatic nitrogens is 3. The predicted octanol–water partition coefficient (Wildman–Crippen LogP) is 4.52. The molecule has 0 aliphatic carbocycles. The first-order valence-corrected chi connectivity index (χ1v) is 10.1. The molecule has 2 N–H and O–H groups in total. The van der Waals surface area contributed by atoms with Crippen molar-refractivity contribution in [2.75, 3.05) is 0 Å². The van der Waals surface area contributed by atoms with Crippen molar-refractivity contribution in [2.45, 2.75) is 0 Å². The van der Waals surface area contributed by atoms with E-state index < -0.39 is 17.4 Å². The van der Waals surface area contributed by atoms with E-state index in [4.69, 9.17) is 0 Å². The summed E-state index contributed by atoms with van der Waals surface area (Å²) >= 11 is 0. The molecule has 160 valence electrons. The maximum Gasteiger partial charge on any atom is 0.358 e. The lowest BCUT2D eigenvalue weighted by molar-refractivity contribution is 0.0687. The summed E-state index contributed by atoms with van der Waals surface area (Å²) in [6, 6.07) is 22.9. The summed E-state index contributed by atoms with van der Waals surface area (Å²) in [6.07, 6.45) is 3.12. The summed E-state index contributed by atoms with van der Waals surface area (Å²) in [5.74, 6) is -1.88. The molecule has 0 saturated heterocycles. The standard InChI is InChI=1S/C26H17N3O4/c30-24-20-14-19(16-8-3-1-4-9-16)25(31)29(18-11-5-2-6-12-18)23(20)21(28-22(24)26(32)33)17-10-7-13-27-15-17/h1-15,30H,(H,32,33). The van der Waals surface area contributed by atoms with Crippen LogP contribution in [0.5, 0.6) is 5.75 Å². The molecule has 0 unspecified atom stereocenters. The van der Waals surface area contributed by atoms with E-state index in [-0.39, 0.29) is 16.6 Å². The van der Waals surface area contributed by atoms with Crippen LogP contribution < -0.4 is 5.56 Å². The highest BCUT2D eigenvalue weighted by atomic mass is 16.4. The van der Waals surface area contributed by atoms with Crippen LogP contribution in [0.4, 0.5) is 0 Å². The van der Waals surface area contributed by atoms with Crippen LogP contribution >= 0.6 is 0 Å². The molecule has 33 heavy (non-hydrogen) atoms. The van der Waals surface area contributed by atoms with Gasteiger partial charge < -0.3 is 10.2 Å². The smallest absolute Gasteiger partial charge is 0.358 e. The van der Waals surface area contributed by atoms with Gasteiger partial charge in [0.05, 0.1) is 11.2 Å². The number of carboxylic acids is 1. The van der Waals surface area contributed by atoms with Gasteiger partial charge in [0, 0.05) is 34.6 Å². The van der Waals surface area contributed by atoms with E-state index in [0.29, 0.717) is 27.9 Å². The summed E-state index contributed by atoms with van der Waals surface area (Å²) in [7, 11) is 0. The predicted molar refractivity (Wildman–Crippen MR) is 125 cm³/mol. The molecule has 3 aromatic heterocycles. The Morgan fingerprint density at radius 3 is 2.18 bits per heavy atom. The molecule has 7 nitrogen and oxygen atoms in total. The fourth-order valence-electron chi connectivity index (χ4n) is 3.88. The number of carboxylic acid groups (broad SMARTS) is 1. The Morgan fingerprint density at radius 2 is 1.55 bits per heavy atom. The topological polar surface area (TPSA) is 105 Å². The number of para-hydroxylation sites is 1. The van der Waals surface area contributed by atoms with Gasteiger partial charge >= 0.3 is 5.97 Å². The fourth-order valence-corrected chi connectivity index (χ4v) is 3.88. The molecule has 0 aliphatic heterocycles. The number of aromatic hydroxyl groups is 1. The highest BCUT2D eigenvalue weighted by Gasteiger charge is 2.24. The van der Waals surface area contributed by atoms with Gasteiger partial charge in [-0.25, -0.2) is 9.78 Å². The zero-order valence-corrected chi connectivity index (χ0v) is 17.2. The van der Waals surface area contributed by atoms with Gasteiger partial charge in [-0.3, -0.25) is 14.3 Å². The lowest BCUT2D eigenvalue weighted by atomic mass is 10.0. The summed E-state index contributed by atoms with van der Waals surface area (Å²) in [5, 5.41) is 20.9. The number of benzene rings is 2. The molecular formula is C26H17N3O4. The van der Waals surface area contributed by atoms with Gasteiger partial charge in [-0.1, -0.05) is 48.5 Å². The van der Waals surface area contributed by atoms with Crippen LogP contribution in [0.15, 0.2) is 96.1 Å². The Kier molecular flexibility index (Phi) is 4.91. The number of pyridine rings is 3. The number of hydrogen-bond donors (Lipinski definition) is 2. The molecule has 0 radical (unpaired) electrons. The van der Waals surface area contributed by atoms with Gasteiger partial charge in [0.1, 0.15) is 0 Å². The normalized spacial score (nSPS) is 10.9. The minimum absolute atomic E-state index is 0.198. The van der Waals surface area contributed by atoms with E-state index in [9.17, 15) is 19.8 Å². The van der Waals surface area contributed by atoms with E-state index in [1.165, 1.54) is 16.8 Å². The average molecular weight is 435 g/mol. The first-order valence-electron chi connectivity index (χ1n) is 10.1. The maximum absolute atomic E-state index is 13.8. The van der Waals surface area contributed by atoms with Crippen LogP contribution in [0.3, 0.4) is 0 Å². The Labute approximate surface area is 187 Å². The zero-order chi connectivity index (χ0) is 22.9. The second-order valence-corrected chi connectivity index (χ2v) is 7.37. The fraction of sp³-hybridized carbons (Fsp3) is 0. The lowest BCUT2D eigenvalue weighted by Gasteiger charge is -2.18. The molecule has 0 aliphatic rings. The van der Waals surface area contributed by atoms with E-state index in [1.54, 1.807) is 54.7 Å². The second-order valence-electron chi connectivity index (χ2n) is 7.37. The van der Waals surface area contributed by atoms with Crippen molar-refractivity contribution in [3.05, 3.63) is 107 Å². The minimum Gasteiger partial charge on any atom is -0.505 e. The van der Waals surface area contributed by atoms with Gasteiger partial charge in [0.25, 0.3) is 5.56 Å². The van der Waals surface area contributed by atoms with Gasteiger partial charge in [0.15, 0.2) is 11.4 Å². The second kappa shape index (κ2) is 8.05. The molecule has 0 amide bonds. The quantitative estimate of drug-likeness (QED) is 0.430. The first kappa shape index (κ1) is 20.1. The van der Waals surface area contributed by atoms with Crippen LogP contribution in [-0.2, 0) is 0 Å². The van der Waals surface area contributed by atoms with Crippen molar-refractivity contribution in [3.63, 3.8) is 0 Å². The summed E-state index contributed by atoms with van der Waals surface area (Å²) < 4.78 is 1.46. The third kappa shape index (κ3) is 3.41. The highest BCUT2D eigenvalue weighted by Crippen LogP contribution is 2.36. The van der Waals surface area contributed by atoms with Crippen LogP contribution in [0, 0.1) is 0 Å². The third-order valence-electron chi connectivity index (χ3n) is 5.36. The van der Waals surface area contributed by atoms with Crippen molar-refractivity contribution in [2.24, 2.45) is 0 Å². The molecule has 2 aromatic carbocycles. The molecule has 0 atom stereocenters. The van der Waals surface area contributed by atoms with Crippen molar-refractivity contribution in [1.29, 1.82) is 0 Å². The molecule has 5 rings (SSSR count). The van der Waals surface area contributed by atoms with Crippen molar-refractivity contribution < 1.29 is 15.0 Å². The Bertz CT molecular complexity index is 1550. The van der Waals surface area contributed by atoms with Crippen molar-refractivity contribution in [3.8, 4) is 33.8 Å². The maximum atomic E-state index is 13.8. The molecular weight excluding hydrogens is 418 g/mol. The number of nitrogens with zero attached hydrogens (tertiary/aromatic N) is 3. The molecule has 3 heterocycles. The molecule has 5 aromatic rings. The van der Waals surface area contributed by atoms with Gasteiger partial charge in [-0.2, -0.15) is 0 Å². The van der Waals surface area contributed by atoms with Gasteiger partial charge in [-0.05, 0) is 35.9 Å². The monoisotopic (exact) mass is 435 g/mol.